The van der Waals surface area contributed by atoms with Crippen LogP contribution in [0, 0.1) is 5.82 Å². The smallest absolute Gasteiger partial charge is 0.191 e. The van der Waals surface area contributed by atoms with Crippen LogP contribution in [0.2, 0.25) is 0 Å². The van der Waals surface area contributed by atoms with Crippen LogP contribution in [0.5, 0.6) is 0 Å². The topological polar surface area (TPSA) is 72.4 Å². The minimum absolute atomic E-state index is 0. The molecule has 2 aromatic rings. The van der Waals surface area contributed by atoms with E-state index in [0.717, 1.165) is 29.4 Å². The molecule has 4 N–H and O–H groups in total. The number of guanidine groups is 1. The van der Waals surface area contributed by atoms with Crippen molar-refractivity contribution in [2.75, 3.05) is 26.2 Å². The molecular formula is C15H22FIN4O. The Kier molecular flexibility index (Phi) is 8.18. The molecule has 5 nitrogen and oxygen atoms in total. The number of benzene rings is 1. The molecule has 7 heteroatoms. The maximum Gasteiger partial charge on any atom is 0.191 e. The van der Waals surface area contributed by atoms with Crippen LogP contribution in [0.1, 0.15) is 12.5 Å². The number of halogens is 2. The van der Waals surface area contributed by atoms with Gasteiger partial charge in [-0.25, -0.2) is 4.39 Å². The lowest BCUT2D eigenvalue weighted by atomic mass is 10.1. The zero-order chi connectivity index (χ0) is 15.1. The van der Waals surface area contributed by atoms with Gasteiger partial charge in [-0.2, -0.15) is 0 Å². The highest BCUT2D eigenvalue weighted by molar-refractivity contribution is 14.0. The Labute approximate surface area is 146 Å². The molecule has 122 valence electrons. The van der Waals surface area contributed by atoms with Gasteiger partial charge in [-0.15, -0.1) is 24.0 Å². The quantitative estimate of drug-likeness (QED) is 0.328. The molecule has 0 unspecified atom stereocenters. The predicted molar refractivity (Wildman–Crippen MR) is 98.4 cm³/mol. The van der Waals surface area contributed by atoms with Crippen molar-refractivity contribution >= 4 is 40.8 Å². The van der Waals surface area contributed by atoms with Crippen LogP contribution in [-0.2, 0) is 6.42 Å². The fraction of sp³-hybridized carbons (Fsp3) is 0.400. The molecule has 0 radical (unpaired) electrons. The van der Waals surface area contributed by atoms with Gasteiger partial charge in [0.1, 0.15) is 5.82 Å². The molecule has 0 fully saturated rings. The van der Waals surface area contributed by atoms with Crippen LogP contribution < -0.4 is 10.6 Å². The summed E-state index contributed by atoms with van der Waals surface area (Å²) in [6.45, 7) is 3.82. The third-order valence-electron chi connectivity index (χ3n) is 3.13. The Bertz CT molecular complexity index is 615. The number of aromatic nitrogens is 1. The van der Waals surface area contributed by atoms with E-state index in [1.807, 2.05) is 13.1 Å². The van der Waals surface area contributed by atoms with E-state index in [2.05, 4.69) is 20.6 Å². The van der Waals surface area contributed by atoms with Gasteiger partial charge >= 0.3 is 0 Å². The molecule has 0 amide bonds. The van der Waals surface area contributed by atoms with Crippen molar-refractivity contribution in [2.24, 2.45) is 4.99 Å². The molecular weight excluding hydrogens is 398 g/mol. The summed E-state index contributed by atoms with van der Waals surface area (Å²) < 4.78 is 13.3. The molecule has 2 rings (SSSR count). The molecule has 1 heterocycles. The predicted octanol–water partition coefficient (Wildman–Crippen LogP) is 2.01. The number of H-pyrrole nitrogens is 1. The van der Waals surface area contributed by atoms with Crippen LogP contribution in [-0.4, -0.2) is 42.3 Å². The number of aliphatic imine (C=N–C) groups is 1. The second-order valence-electron chi connectivity index (χ2n) is 4.66. The fourth-order valence-corrected chi connectivity index (χ4v) is 2.18. The zero-order valence-corrected chi connectivity index (χ0v) is 14.9. The lowest BCUT2D eigenvalue weighted by molar-refractivity contribution is 0.306. The van der Waals surface area contributed by atoms with Crippen LogP contribution >= 0.6 is 24.0 Å². The van der Waals surface area contributed by atoms with Gasteiger partial charge in [-0.1, -0.05) is 0 Å². The normalized spacial score (nSPS) is 11.3. The summed E-state index contributed by atoms with van der Waals surface area (Å²) in [5.41, 5.74) is 2.00. The SMILES string of the molecule is CCNC(=NCCO)NCCc1c[nH]c2ccc(F)cc12.I. The Morgan fingerprint density at radius 3 is 2.91 bits per heavy atom. The maximum absolute atomic E-state index is 13.3. The molecule has 0 saturated carbocycles. The van der Waals surface area contributed by atoms with Crippen molar-refractivity contribution in [2.45, 2.75) is 13.3 Å². The highest BCUT2D eigenvalue weighted by Gasteiger charge is 2.05. The molecule has 0 aliphatic heterocycles. The first-order valence-electron chi connectivity index (χ1n) is 7.13. The summed E-state index contributed by atoms with van der Waals surface area (Å²) in [5, 5.41) is 16.0. The van der Waals surface area contributed by atoms with Crippen molar-refractivity contribution in [1.82, 2.24) is 15.6 Å². The maximum atomic E-state index is 13.3. The summed E-state index contributed by atoms with van der Waals surface area (Å²) in [5.74, 6) is 0.451. The van der Waals surface area contributed by atoms with Gasteiger partial charge in [0, 0.05) is 30.2 Å². The lowest BCUT2D eigenvalue weighted by Crippen LogP contribution is -2.38. The second kappa shape index (κ2) is 9.62. The van der Waals surface area contributed by atoms with E-state index in [-0.39, 0.29) is 36.4 Å². The fourth-order valence-electron chi connectivity index (χ4n) is 2.18. The van der Waals surface area contributed by atoms with Crippen molar-refractivity contribution in [3.63, 3.8) is 0 Å². The van der Waals surface area contributed by atoms with Gasteiger partial charge in [0.25, 0.3) is 0 Å². The molecule has 0 saturated heterocycles. The van der Waals surface area contributed by atoms with Gasteiger partial charge < -0.3 is 20.7 Å². The number of hydrogen-bond acceptors (Lipinski definition) is 2. The lowest BCUT2D eigenvalue weighted by Gasteiger charge is -2.10. The van der Waals surface area contributed by atoms with Crippen molar-refractivity contribution in [3.8, 4) is 0 Å². The van der Waals surface area contributed by atoms with E-state index in [0.29, 0.717) is 19.0 Å². The van der Waals surface area contributed by atoms with E-state index in [1.165, 1.54) is 6.07 Å². The molecule has 1 aromatic heterocycles. The summed E-state index contributed by atoms with van der Waals surface area (Å²) in [4.78, 5) is 7.34. The van der Waals surface area contributed by atoms with Crippen LogP contribution in [0.3, 0.4) is 0 Å². The number of hydrogen-bond donors (Lipinski definition) is 4. The van der Waals surface area contributed by atoms with Gasteiger partial charge in [0.05, 0.1) is 13.2 Å². The minimum atomic E-state index is -0.228. The Hall–Kier alpha value is -1.35. The van der Waals surface area contributed by atoms with Gasteiger partial charge in [-0.05, 0) is 37.1 Å². The van der Waals surface area contributed by atoms with Crippen LogP contribution in [0.15, 0.2) is 29.4 Å². The summed E-state index contributed by atoms with van der Waals surface area (Å²) >= 11 is 0. The summed E-state index contributed by atoms with van der Waals surface area (Å²) in [7, 11) is 0. The number of nitrogens with zero attached hydrogens (tertiary/aromatic N) is 1. The highest BCUT2D eigenvalue weighted by atomic mass is 127. The second-order valence-corrected chi connectivity index (χ2v) is 4.66. The van der Waals surface area contributed by atoms with E-state index in [9.17, 15) is 4.39 Å². The Morgan fingerprint density at radius 2 is 2.18 bits per heavy atom. The molecule has 0 atom stereocenters. The monoisotopic (exact) mass is 420 g/mol. The minimum Gasteiger partial charge on any atom is -0.394 e. The van der Waals surface area contributed by atoms with Crippen molar-refractivity contribution in [3.05, 3.63) is 35.8 Å². The average molecular weight is 420 g/mol. The summed E-state index contributed by atoms with van der Waals surface area (Å²) in [6.07, 6.45) is 2.66. The first kappa shape index (κ1) is 18.7. The Morgan fingerprint density at radius 1 is 1.36 bits per heavy atom. The standard InChI is InChI=1S/C15H21FN4O.HI/c1-2-17-15(19-7-8-21)18-6-5-11-10-20-14-4-3-12(16)9-13(11)14;/h3-4,9-10,20-21H,2,5-8H2,1H3,(H2,17,18,19);1H. The number of fused-ring (bicyclic) bond motifs is 1. The summed E-state index contributed by atoms with van der Waals surface area (Å²) in [6, 6.07) is 4.74. The molecule has 0 bridgehead atoms. The molecule has 1 aromatic carbocycles. The van der Waals surface area contributed by atoms with Crippen molar-refractivity contribution in [1.29, 1.82) is 0 Å². The van der Waals surface area contributed by atoms with Crippen molar-refractivity contribution < 1.29 is 9.50 Å². The van der Waals surface area contributed by atoms with Gasteiger partial charge in [0.2, 0.25) is 0 Å². The number of aliphatic hydroxyl groups excluding tert-OH is 1. The third kappa shape index (κ3) is 5.13. The van der Waals surface area contributed by atoms with E-state index >= 15 is 0 Å². The Balaban J connectivity index is 0.00000242. The van der Waals surface area contributed by atoms with Crippen LogP contribution in [0.4, 0.5) is 4.39 Å². The number of rotatable bonds is 6. The molecule has 22 heavy (non-hydrogen) atoms. The number of nitrogens with one attached hydrogen (secondary N) is 3. The van der Waals surface area contributed by atoms with E-state index in [4.69, 9.17) is 5.11 Å². The zero-order valence-electron chi connectivity index (χ0n) is 12.5. The molecule has 0 aliphatic rings. The first-order chi connectivity index (χ1) is 10.2. The van der Waals surface area contributed by atoms with E-state index < -0.39 is 0 Å². The van der Waals surface area contributed by atoms with Crippen LogP contribution in [0.25, 0.3) is 10.9 Å². The number of aliphatic hydroxyl groups is 1. The molecule has 0 spiro atoms. The largest absolute Gasteiger partial charge is 0.394 e. The van der Waals surface area contributed by atoms with Gasteiger partial charge in [-0.3, -0.25) is 4.99 Å². The number of aromatic amines is 1. The van der Waals surface area contributed by atoms with E-state index in [1.54, 1.807) is 12.1 Å². The average Bonchev–Trinajstić information content (AvgIpc) is 2.87. The molecule has 0 aliphatic carbocycles. The van der Waals surface area contributed by atoms with Gasteiger partial charge in [0.15, 0.2) is 5.96 Å². The highest BCUT2D eigenvalue weighted by Crippen LogP contribution is 2.19. The third-order valence-corrected chi connectivity index (χ3v) is 3.13. The first-order valence-corrected chi connectivity index (χ1v) is 7.13.